The molecule has 1 amide bonds. The second kappa shape index (κ2) is 11.6. The number of ether oxygens (including phenoxy) is 2. The van der Waals surface area contributed by atoms with Gasteiger partial charge in [-0.15, -0.1) is 0 Å². The van der Waals surface area contributed by atoms with E-state index >= 15 is 0 Å². The molecular weight excluding hydrogens is 523 g/mol. The highest BCUT2D eigenvalue weighted by Crippen LogP contribution is 2.39. The summed E-state index contributed by atoms with van der Waals surface area (Å²) in [5.74, 6) is -3.21. The number of amides is 1. The molecule has 1 aromatic heterocycles. The first-order valence-electron chi connectivity index (χ1n) is 11.8. The van der Waals surface area contributed by atoms with Crippen molar-refractivity contribution in [3.8, 4) is 17.2 Å². The Labute approximate surface area is 220 Å². The smallest absolute Gasteiger partial charge is 0.453 e. The van der Waals surface area contributed by atoms with E-state index in [0.717, 1.165) is 30.9 Å². The van der Waals surface area contributed by atoms with Crippen molar-refractivity contribution in [2.45, 2.75) is 32.4 Å². The number of hydrogen-bond acceptors (Lipinski definition) is 5. The van der Waals surface area contributed by atoms with Gasteiger partial charge in [-0.25, -0.2) is 0 Å². The molecule has 0 aliphatic rings. The molecule has 0 unspecified atom stereocenters. The molecule has 10 heteroatoms. The first kappa shape index (κ1) is 27.1. The van der Waals surface area contributed by atoms with Crippen molar-refractivity contribution in [3.63, 3.8) is 0 Å². The van der Waals surface area contributed by atoms with Crippen molar-refractivity contribution in [2.75, 3.05) is 11.9 Å². The standard InChI is InChI=1S/C28H23ClF3NO5/c1-2-3-6-17-9-11-18(12-10-17)33-24(34)16-36-19-13-14-20-23(15-19)38-27(28(30,31)32)26(25(20)35)37-22-8-5-4-7-21(22)29/h4-5,7-15H,2-3,6,16H2,1H3,(H,33,34). The van der Waals surface area contributed by atoms with E-state index in [2.05, 4.69) is 12.2 Å². The van der Waals surface area contributed by atoms with E-state index in [-0.39, 0.29) is 27.5 Å². The third-order valence-electron chi connectivity index (χ3n) is 5.55. The van der Waals surface area contributed by atoms with Gasteiger partial charge in [0.15, 0.2) is 6.61 Å². The van der Waals surface area contributed by atoms with Crippen molar-refractivity contribution in [1.29, 1.82) is 0 Å². The van der Waals surface area contributed by atoms with Gasteiger partial charge in [0.25, 0.3) is 11.7 Å². The van der Waals surface area contributed by atoms with Gasteiger partial charge >= 0.3 is 6.18 Å². The fourth-order valence-electron chi connectivity index (χ4n) is 3.64. The van der Waals surface area contributed by atoms with E-state index in [4.69, 9.17) is 25.5 Å². The zero-order valence-corrected chi connectivity index (χ0v) is 21.0. The van der Waals surface area contributed by atoms with Crippen LogP contribution in [0, 0.1) is 0 Å². The molecule has 0 atom stereocenters. The Bertz CT molecular complexity index is 1500. The van der Waals surface area contributed by atoms with E-state index in [1.165, 1.54) is 30.3 Å². The van der Waals surface area contributed by atoms with Crippen LogP contribution in [0.1, 0.15) is 31.1 Å². The average Bonchev–Trinajstić information content (AvgIpc) is 2.89. The summed E-state index contributed by atoms with van der Waals surface area (Å²) < 4.78 is 57.1. The number of carbonyl (C=O) groups excluding carboxylic acids is 1. The molecule has 0 aliphatic heterocycles. The van der Waals surface area contributed by atoms with E-state index < -0.39 is 35.6 Å². The van der Waals surface area contributed by atoms with Gasteiger partial charge in [-0.1, -0.05) is 49.2 Å². The van der Waals surface area contributed by atoms with Crippen LogP contribution in [-0.4, -0.2) is 12.5 Å². The van der Waals surface area contributed by atoms with Crippen LogP contribution in [0.15, 0.2) is 75.9 Å². The fraction of sp³-hybridized carbons (Fsp3) is 0.214. The lowest BCUT2D eigenvalue weighted by Crippen LogP contribution is -2.20. The summed E-state index contributed by atoms with van der Waals surface area (Å²) >= 11 is 5.98. The Kier molecular flexibility index (Phi) is 8.26. The zero-order chi connectivity index (χ0) is 27.3. The number of carbonyl (C=O) groups is 1. The van der Waals surface area contributed by atoms with E-state index in [9.17, 15) is 22.8 Å². The number of para-hydroxylation sites is 1. The number of halogens is 4. The van der Waals surface area contributed by atoms with Gasteiger partial charge in [-0.3, -0.25) is 9.59 Å². The second-order valence-corrected chi connectivity index (χ2v) is 8.82. The molecule has 6 nitrogen and oxygen atoms in total. The molecule has 198 valence electrons. The number of unbranched alkanes of at least 4 members (excludes halogenated alkanes) is 1. The van der Waals surface area contributed by atoms with Gasteiger partial charge in [-0.05, 0) is 54.8 Å². The normalized spacial score (nSPS) is 11.4. The van der Waals surface area contributed by atoms with E-state index in [1.54, 1.807) is 18.2 Å². The minimum absolute atomic E-state index is 0.0228. The maximum atomic E-state index is 13.8. The van der Waals surface area contributed by atoms with Crippen molar-refractivity contribution >= 4 is 34.2 Å². The molecule has 4 rings (SSSR count). The second-order valence-electron chi connectivity index (χ2n) is 8.41. The molecule has 4 aromatic rings. The summed E-state index contributed by atoms with van der Waals surface area (Å²) in [4.78, 5) is 25.2. The van der Waals surface area contributed by atoms with Crippen LogP contribution in [0.4, 0.5) is 18.9 Å². The molecule has 1 heterocycles. The van der Waals surface area contributed by atoms with Crippen LogP contribution < -0.4 is 20.2 Å². The number of aryl methyl sites for hydroxylation is 1. The molecule has 0 saturated heterocycles. The van der Waals surface area contributed by atoms with E-state index in [1.807, 2.05) is 12.1 Å². The van der Waals surface area contributed by atoms with Crippen LogP contribution in [0.3, 0.4) is 0 Å². The van der Waals surface area contributed by atoms with Crippen LogP contribution in [-0.2, 0) is 17.4 Å². The minimum atomic E-state index is -5.03. The molecule has 0 spiro atoms. The number of nitrogens with one attached hydrogen (secondary N) is 1. The Morgan fingerprint density at radius 2 is 1.79 bits per heavy atom. The molecule has 1 N–H and O–H groups in total. The third-order valence-corrected chi connectivity index (χ3v) is 5.87. The third kappa shape index (κ3) is 6.47. The van der Waals surface area contributed by atoms with Gasteiger partial charge in [0.2, 0.25) is 11.2 Å². The molecule has 0 saturated carbocycles. The highest BCUT2D eigenvalue weighted by Gasteiger charge is 2.40. The summed E-state index contributed by atoms with van der Waals surface area (Å²) in [6.45, 7) is 1.70. The van der Waals surface area contributed by atoms with Crippen molar-refractivity contribution < 1.29 is 31.9 Å². The number of fused-ring (bicyclic) bond motifs is 1. The Morgan fingerprint density at radius 3 is 2.47 bits per heavy atom. The van der Waals surface area contributed by atoms with Crippen LogP contribution in [0.2, 0.25) is 5.02 Å². The Hall–Kier alpha value is -3.98. The SMILES string of the molecule is CCCCc1ccc(NC(=O)COc2ccc3c(=O)c(Oc4ccccc4Cl)c(C(F)(F)F)oc3c2)cc1. The van der Waals surface area contributed by atoms with Gasteiger partial charge in [0, 0.05) is 11.8 Å². The maximum absolute atomic E-state index is 13.8. The molecule has 0 bridgehead atoms. The predicted octanol–water partition coefficient (Wildman–Crippen LogP) is 7.62. The molecule has 3 aromatic carbocycles. The lowest BCUT2D eigenvalue weighted by molar-refractivity contribution is -0.154. The maximum Gasteiger partial charge on any atom is 0.453 e. The van der Waals surface area contributed by atoms with Crippen LogP contribution in [0.5, 0.6) is 17.2 Å². The van der Waals surface area contributed by atoms with Crippen molar-refractivity contribution in [1.82, 2.24) is 0 Å². The monoisotopic (exact) mass is 545 g/mol. The van der Waals surface area contributed by atoms with E-state index in [0.29, 0.717) is 5.69 Å². The summed E-state index contributed by atoms with van der Waals surface area (Å²) in [6, 6.07) is 16.9. The number of benzene rings is 3. The zero-order valence-electron chi connectivity index (χ0n) is 20.2. The highest BCUT2D eigenvalue weighted by atomic mass is 35.5. The molecular formula is C28H23ClF3NO5. The fourth-order valence-corrected chi connectivity index (χ4v) is 3.82. The Balaban J connectivity index is 1.52. The first-order valence-corrected chi connectivity index (χ1v) is 12.2. The number of rotatable bonds is 9. The lowest BCUT2D eigenvalue weighted by Gasteiger charge is -2.14. The average molecular weight is 546 g/mol. The van der Waals surface area contributed by atoms with Gasteiger partial charge in [-0.2, -0.15) is 13.2 Å². The molecule has 0 radical (unpaired) electrons. The van der Waals surface area contributed by atoms with Crippen molar-refractivity contribution in [2.24, 2.45) is 0 Å². The van der Waals surface area contributed by atoms with Crippen molar-refractivity contribution in [3.05, 3.63) is 93.3 Å². The minimum Gasteiger partial charge on any atom is -0.484 e. The number of anilines is 1. The Morgan fingerprint density at radius 1 is 1.05 bits per heavy atom. The summed E-state index contributed by atoms with van der Waals surface area (Å²) in [5, 5.41) is 2.55. The molecule has 0 fully saturated rings. The highest BCUT2D eigenvalue weighted by molar-refractivity contribution is 6.32. The van der Waals surface area contributed by atoms with Gasteiger partial charge in [0.05, 0.1) is 10.4 Å². The van der Waals surface area contributed by atoms with Gasteiger partial charge < -0.3 is 19.2 Å². The van der Waals surface area contributed by atoms with Crippen LogP contribution in [0.25, 0.3) is 11.0 Å². The first-order chi connectivity index (χ1) is 18.2. The van der Waals surface area contributed by atoms with Crippen LogP contribution >= 0.6 is 11.6 Å². The number of hydrogen-bond donors (Lipinski definition) is 1. The van der Waals surface area contributed by atoms with Gasteiger partial charge in [0.1, 0.15) is 17.1 Å². The summed E-state index contributed by atoms with van der Waals surface area (Å²) in [7, 11) is 0. The largest absolute Gasteiger partial charge is 0.484 e. The summed E-state index contributed by atoms with van der Waals surface area (Å²) in [5.41, 5.74) is 0.334. The summed E-state index contributed by atoms with van der Waals surface area (Å²) in [6.07, 6.45) is -1.92. The predicted molar refractivity (Wildman–Crippen MR) is 138 cm³/mol. The quantitative estimate of drug-likeness (QED) is 0.234. The molecule has 0 aliphatic carbocycles. The molecule has 38 heavy (non-hydrogen) atoms. The number of alkyl halides is 3. The topological polar surface area (TPSA) is 77.8 Å². The lowest BCUT2D eigenvalue weighted by atomic mass is 10.1.